The molecule has 0 heterocycles. The molecule has 13 heteroatoms. The number of hydrogen-bond donors (Lipinski definition) is 2. The first-order chi connectivity index (χ1) is 15.5. The molecule has 33 heavy (non-hydrogen) atoms. The van der Waals surface area contributed by atoms with E-state index in [1.807, 2.05) is 0 Å². The summed E-state index contributed by atoms with van der Waals surface area (Å²) in [5.41, 5.74) is -0.617. The van der Waals surface area contributed by atoms with Crippen molar-refractivity contribution in [3.63, 3.8) is 0 Å². The van der Waals surface area contributed by atoms with Crippen LogP contribution in [0.4, 0.5) is 17.1 Å². The highest BCUT2D eigenvalue weighted by Gasteiger charge is 2.20. The molecule has 0 aromatic heterocycles. The number of rotatable bonds is 5. The Balaban J connectivity index is 1.95. The third-order valence-electron chi connectivity index (χ3n) is 4.17. The highest BCUT2D eigenvalue weighted by atomic mass is 35.5. The zero-order chi connectivity index (χ0) is 24.4. The molecule has 0 atom stereocenters. The smallest absolute Gasteiger partial charge is 0.271 e. The summed E-state index contributed by atoms with van der Waals surface area (Å²) in [7, 11) is 0. The van der Waals surface area contributed by atoms with Crippen LogP contribution in [0.5, 0.6) is 0 Å². The van der Waals surface area contributed by atoms with Crippen molar-refractivity contribution in [1.29, 1.82) is 0 Å². The van der Waals surface area contributed by atoms with E-state index in [4.69, 9.17) is 69.6 Å². The van der Waals surface area contributed by atoms with E-state index in [2.05, 4.69) is 10.6 Å². The Labute approximate surface area is 216 Å². The van der Waals surface area contributed by atoms with Crippen LogP contribution in [0.1, 0.15) is 20.7 Å². The fraction of sp³-hybridized carbons (Fsp3) is 0. The van der Waals surface area contributed by atoms with E-state index < -0.39 is 22.4 Å². The molecular weight excluding hydrogens is 559 g/mol. The second-order valence-corrected chi connectivity index (χ2v) is 8.87. The van der Waals surface area contributed by atoms with Gasteiger partial charge in [-0.1, -0.05) is 69.6 Å². The highest BCUT2D eigenvalue weighted by molar-refractivity contribution is 6.45. The maximum absolute atomic E-state index is 12.8. The van der Waals surface area contributed by atoms with Gasteiger partial charge in [0.15, 0.2) is 0 Å². The van der Waals surface area contributed by atoms with E-state index in [9.17, 15) is 19.7 Å². The van der Waals surface area contributed by atoms with Crippen molar-refractivity contribution >= 4 is 98.5 Å². The van der Waals surface area contributed by atoms with Crippen LogP contribution in [0.15, 0.2) is 42.5 Å². The predicted octanol–water partition coefficient (Wildman–Crippen LogP) is 8.02. The van der Waals surface area contributed by atoms with Crippen molar-refractivity contribution in [3.05, 3.63) is 93.8 Å². The van der Waals surface area contributed by atoms with Gasteiger partial charge < -0.3 is 10.6 Å². The number of nitro benzene ring substituents is 1. The van der Waals surface area contributed by atoms with E-state index in [0.29, 0.717) is 0 Å². The molecule has 0 fully saturated rings. The van der Waals surface area contributed by atoms with Gasteiger partial charge in [-0.05, 0) is 30.3 Å². The number of halogens is 6. The molecule has 0 saturated carbocycles. The fourth-order valence-corrected chi connectivity index (χ4v) is 3.79. The molecule has 3 aromatic rings. The van der Waals surface area contributed by atoms with Gasteiger partial charge in [0.2, 0.25) is 0 Å². The lowest BCUT2D eigenvalue weighted by Crippen LogP contribution is -2.16. The number of amides is 2. The van der Waals surface area contributed by atoms with Crippen LogP contribution in [-0.2, 0) is 0 Å². The first kappa shape index (κ1) is 25.4. The highest BCUT2D eigenvalue weighted by Crippen LogP contribution is 2.34. The van der Waals surface area contributed by atoms with Crippen molar-refractivity contribution in [2.45, 2.75) is 0 Å². The summed E-state index contributed by atoms with van der Waals surface area (Å²) in [5.74, 6) is -1.55. The number of nitrogens with one attached hydrogen (secondary N) is 2. The van der Waals surface area contributed by atoms with Gasteiger partial charge in [-0.25, -0.2) is 0 Å². The number of benzene rings is 3. The van der Waals surface area contributed by atoms with E-state index in [0.717, 1.165) is 18.2 Å². The number of carbonyl (C=O) groups is 2. The zero-order valence-electron chi connectivity index (χ0n) is 15.9. The van der Waals surface area contributed by atoms with Crippen LogP contribution in [0.25, 0.3) is 0 Å². The Morgan fingerprint density at radius 1 is 0.606 bits per heavy atom. The molecule has 0 aliphatic rings. The molecule has 0 aliphatic heterocycles. The van der Waals surface area contributed by atoms with Crippen LogP contribution in [0, 0.1) is 10.1 Å². The van der Waals surface area contributed by atoms with Crippen molar-refractivity contribution in [2.24, 2.45) is 0 Å². The Morgan fingerprint density at radius 3 is 1.33 bits per heavy atom. The maximum Gasteiger partial charge on any atom is 0.271 e. The normalized spacial score (nSPS) is 10.6. The molecule has 0 spiro atoms. The van der Waals surface area contributed by atoms with E-state index in [1.54, 1.807) is 0 Å². The number of hydrogen-bond acceptors (Lipinski definition) is 4. The van der Waals surface area contributed by atoms with E-state index >= 15 is 0 Å². The molecule has 0 unspecified atom stereocenters. The van der Waals surface area contributed by atoms with Gasteiger partial charge in [0.25, 0.3) is 17.5 Å². The van der Waals surface area contributed by atoms with Gasteiger partial charge in [-0.3, -0.25) is 19.7 Å². The van der Waals surface area contributed by atoms with Crippen LogP contribution in [0.2, 0.25) is 30.1 Å². The summed E-state index contributed by atoms with van der Waals surface area (Å²) in [6.45, 7) is 0. The summed E-state index contributed by atoms with van der Waals surface area (Å²) in [6, 6.07) is 8.47. The van der Waals surface area contributed by atoms with Gasteiger partial charge in [0.05, 0.1) is 46.4 Å². The number of non-ortho nitro benzene ring substituents is 1. The lowest BCUT2D eigenvalue weighted by Gasteiger charge is -2.11. The molecule has 0 saturated heterocycles. The third kappa shape index (κ3) is 6.00. The molecule has 2 N–H and O–H groups in total. The number of nitro groups is 1. The molecule has 3 aromatic carbocycles. The molecule has 2 amide bonds. The van der Waals surface area contributed by atoms with Crippen molar-refractivity contribution in [3.8, 4) is 0 Å². The maximum atomic E-state index is 12.8. The standard InChI is InChI=1S/C20H9Cl6N3O4/c21-11-4-15(25)17(6-13(11)23)27-19(30)8-1-9(3-10(2-8)29(32)33)20(31)28-18-7-14(24)12(22)5-16(18)26/h1-7H,(H,27,30)(H,28,31). The molecule has 0 aliphatic carbocycles. The Morgan fingerprint density at radius 2 is 0.970 bits per heavy atom. The van der Waals surface area contributed by atoms with E-state index in [1.165, 1.54) is 24.3 Å². The lowest BCUT2D eigenvalue weighted by molar-refractivity contribution is -0.384. The zero-order valence-corrected chi connectivity index (χ0v) is 20.4. The Bertz CT molecular complexity index is 1230. The molecule has 0 bridgehead atoms. The molecule has 3 rings (SSSR count). The topological polar surface area (TPSA) is 101 Å². The number of nitrogens with zero attached hydrogens (tertiary/aromatic N) is 1. The SMILES string of the molecule is O=C(Nc1cc(Cl)c(Cl)cc1Cl)c1cc(C(=O)Nc2cc(Cl)c(Cl)cc2Cl)cc([N+](=O)[O-])c1. The minimum absolute atomic E-state index is 0.0930. The average molecular weight is 568 g/mol. The Kier molecular flexibility index (Phi) is 7.95. The summed E-state index contributed by atoms with van der Waals surface area (Å²) in [5, 5.41) is 17.1. The van der Waals surface area contributed by atoms with Crippen molar-refractivity contribution in [1.82, 2.24) is 0 Å². The van der Waals surface area contributed by atoms with E-state index in [-0.39, 0.29) is 52.6 Å². The summed E-state index contributed by atoms with van der Waals surface area (Å²) in [4.78, 5) is 36.1. The van der Waals surface area contributed by atoms with Crippen molar-refractivity contribution < 1.29 is 14.5 Å². The lowest BCUT2D eigenvalue weighted by atomic mass is 10.1. The van der Waals surface area contributed by atoms with Crippen molar-refractivity contribution in [2.75, 3.05) is 10.6 Å². The Hall–Kier alpha value is -2.26. The summed E-state index contributed by atoms with van der Waals surface area (Å²) < 4.78 is 0. The minimum atomic E-state index is -0.777. The molecule has 170 valence electrons. The molecule has 0 radical (unpaired) electrons. The van der Waals surface area contributed by atoms with Gasteiger partial charge in [0.1, 0.15) is 0 Å². The van der Waals surface area contributed by atoms with Crippen LogP contribution in [0.3, 0.4) is 0 Å². The second-order valence-electron chi connectivity index (χ2n) is 6.43. The van der Waals surface area contributed by atoms with Crippen LogP contribution < -0.4 is 10.6 Å². The number of anilines is 2. The van der Waals surface area contributed by atoms with Crippen LogP contribution in [-0.4, -0.2) is 16.7 Å². The third-order valence-corrected chi connectivity index (χ3v) is 6.24. The fourth-order valence-electron chi connectivity index (χ4n) is 2.60. The second kappa shape index (κ2) is 10.3. The van der Waals surface area contributed by atoms with Gasteiger partial charge in [-0.2, -0.15) is 0 Å². The van der Waals surface area contributed by atoms with Gasteiger partial charge in [-0.15, -0.1) is 0 Å². The largest absolute Gasteiger partial charge is 0.321 e. The summed E-state index contributed by atoms with van der Waals surface area (Å²) >= 11 is 35.8. The van der Waals surface area contributed by atoms with Gasteiger partial charge in [0, 0.05) is 23.3 Å². The number of carbonyl (C=O) groups excluding carboxylic acids is 2. The predicted molar refractivity (Wildman–Crippen MR) is 132 cm³/mol. The summed E-state index contributed by atoms with van der Waals surface area (Å²) in [6.07, 6.45) is 0. The average Bonchev–Trinajstić information content (AvgIpc) is 2.75. The molecular formula is C20H9Cl6N3O4. The first-order valence-corrected chi connectivity index (χ1v) is 10.9. The first-order valence-electron chi connectivity index (χ1n) is 8.67. The van der Waals surface area contributed by atoms with Gasteiger partial charge >= 0.3 is 0 Å². The van der Waals surface area contributed by atoms with Crippen LogP contribution >= 0.6 is 69.6 Å². The molecule has 7 nitrogen and oxygen atoms in total. The monoisotopic (exact) mass is 565 g/mol. The minimum Gasteiger partial charge on any atom is -0.321 e. The quantitative estimate of drug-likeness (QED) is 0.185.